The zero-order chi connectivity index (χ0) is 10.8. The molecule has 0 N–H and O–H groups in total. The highest BCUT2D eigenvalue weighted by Crippen LogP contribution is 2.17. The van der Waals surface area contributed by atoms with Crippen LogP contribution in [-0.2, 0) is 0 Å². The van der Waals surface area contributed by atoms with Crippen LogP contribution in [0.25, 0.3) is 0 Å². The van der Waals surface area contributed by atoms with Crippen LogP contribution in [0.5, 0.6) is 0 Å². The molecular weight excluding hydrogens is 206 g/mol. The third kappa shape index (κ3) is 1.83. The number of aryl methyl sites for hydroxylation is 2. The largest absolute Gasteiger partial charge is 0.361 e. The minimum absolute atomic E-state index is 0.767. The molecule has 0 unspecified atom stereocenters. The summed E-state index contributed by atoms with van der Waals surface area (Å²) in [6, 6.07) is 8.05. The van der Waals surface area contributed by atoms with Crippen molar-refractivity contribution >= 4 is 17.1 Å². The van der Waals surface area contributed by atoms with E-state index in [1.807, 2.05) is 38.1 Å². The Kier molecular flexibility index (Phi) is 2.64. The van der Waals surface area contributed by atoms with Crippen LogP contribution in [0.15, 0.2) is 35.0 Å². The molecule has 0 radical (unpaired) electrons. The lowest BCUT2D eigenvalue weighted by Crippen LogP contribution is -2.02. The van der Waals surface area contributed by atoms with Gasteiger partial charge in [-0.25, -0.2) is 0 Å². The number of benzene rings is 1. The van der Waals surface area contributed by atoms with E-state index in [2.05, 4.69) is 5.16 Å². The summed E-state index contributed by atoms with van der Waals surface area (Å²) in [6.07, 6.45) is 1.67. The minimum atomic E-state index is 0.767. The molecule has 0 bridgehead atoms. The molecule has 2 aromatic rings. The van der Waals surface area contributed by atoms with Gasteiger partial charge in [-0.2, -0.15) is 0 Å². The van der Waals surface area contributed by atoms with Gasteiger partial charge in [0.15, 0.2) is 0 Å². The standard InChI is InChI=1S/C12H11NOS/c1-8-5-3-4-6-10(8)12(15)11-7-13-14-9(11)2/h3-7H,1-2H3. The van der Waals surface area contributed by atoms with Gasteiger partial charge in [0.2, 0.25) is 0 Å². The van der Waals surface area contributed by atoms with Crippen molar-refractivity contribution in [3.05, 3.63) is 52.9 Å². The predicted molar refractivity (Wildman–Crippen MR) is 63.2 cm³/mol. The van der Waals surface area contributed by atoms with Gasteiger partial charge in [0, 0.05) is 0 Å². The lowest BCUT2D eigenvalue weighted by molar-refractivity contribution is 0.397. The van der Waals surface area contributed by atoms with Gasteiger partial charge in [-0.05, 0) is 25.0 Å². The highest BCUT2D eigenvalue weighted by Gasteiger charge is 2.12. The fourth-order valence-corrected chi connectivity index (χ4v) is 1.91. The van der Waals surface area contributed by atoms with Gasteiger partial charge in [0.05, 0.1) is 16.6 Å². The highest BCUT2D eigenvalue weighted by molar-refractivity contribution is 7.81. The quantitative estimate of drug-likeness (QED) is 0.571. The Hall–Kier alpha value is -1.48. The molecule has 2 nitrogen and oxygen atoms in total. The second kappa shape index (κ2) is 3.95. The van der Waals surface area contributed by atoms with Crippen LogP contribution < -0.4 is 0 Å². The van der Waals surface area contributed by atoms with Gasteiger partial charge in [-0.1, -0.05) is 41.6 Å². The third-order valence-electron chi connectivity index (χ3n) is 2.39. The fraction of sp³-hybridized carbons (Fsp3) is 0.167. The molecule has 1 aromatic heterocycles. The second-order valence-electron chi connectivity index (χ2n) is 3.44. The molecule has 0 saturated carbocycles. The first kappa shape index (κ1) is 10.1. The molecule has 0 saturated heterocycles. The number of hydrogen-bond donors (Lipinski definition) is 0. The minimum Gasteiger partial charge on any atom is -0.361 e. The van der Waals surface area contributed by atoms with E-state index in [4.69, 9.17) is 16.7 Å². The summed E-state index contributed by atoms with van der Waals surface area (Å²) in [5.41, 5.74) is 3.14. The second-order valence-corrected chi connectivity index (χ2v) is 3.85. The molecule has 3 heteroatoms. The third-order valence-corrected chi connectivity index (χ3v) is 2.82. The molecule has 1 aromatic carbocycles. The summed E-state index contributed by atoms with van der Waals surface area (Å²) in [7, 11) is 0. The predicted octanol–water partition coefficient (Wildman–Crippen LogP) is 3.06. The van der Waals surface area contributed by atoms with Gasteiger partial charge < -0.3 is 4.52 Å². The van der Waals surface area contributed by atoms with Gasteiger partial charge in [0.25, 0.3) is 0 Å². The van der Waals surface area contributed by atoms with E-state index in [1.165, 1.54) is 5.56 Å². The van der Waals surface area contributed by atoms with Crippen molar-refractivity contribution in [3.63, 3.8) is 0 Å². The zero-order valence-corrected chi connectivity index (χ0v) is 9.47. The molecule has 0 aliphatic carbocycles. The maximum atomic E-state index is 5.42. The molecule has 0 amide bonds. The van der Waals surface area contributed by atoms with Gasteiger partial charge in [0.1, 0.15) is 5.76 Å². The molecular formula is C12H11NOS. The molecule has 76 valence electrons. The van der Waals surface area contributed by atoms with Crippen LogP contribution in [0.4, 0.5) is 0 Å². The van der Waals surface area contributed by atoms with E-state index in [0.29, 0.717) is 0 Å². The van der Waals surface area contributed by atoms with Crippen molar-refractivity contribution in [2.75, 3.05) is 0 Å². The Bertz CT molecular complexity index is 502. The van der Waals surface area contributed by atoms with Crippen LogP contribution in [0.1, 0.15) is 22.5 Å². The van der Waals surface area contributed by atoms with Crippen LogP contribution in [0, 0.1) is 13.8 Å². The number of nitrogens with zero attached hydrogens (tertiary/aromatic N) is 1. The Morgan fingerprint density at radius 3 is 2.53 bits per heavy atom. The Morgan fingerprint density at radius 1 is 1.20 bits per heavy atom. The molecule has 0 spiro atoms. The lowest BCUT2D eigenvalue weighted by atomic mass is 10.0. The van der Waals surface area contributed by atoms with Crippen LogP contribution in [0.3, 0.4) is 0 Å². The van der Waals surface area contributed by atoms with Crippen molar-refractivity contribution in [1.82, 2.24) is 5.16 Å². The van der Waals surface area contributed by atoms with Crippen LogP contribution in [-0.4, -0.2) is 10.0 Å². The zero-order valence-electron chi connectivity index (χ0n) is 8.65. The molecule has 0 aliphatic rings. The van der Waals surface area contributed by atoms with Crippen molar-refractivity contribution < 1.29 is 4.52 Å². The summed E-state index contributed by atoms with van der Waals surface area (Å²) >= 11 is 5.42. The van der Waals surface area contributed by atoms with E-state index in [0.717, 1.165) is 21.8 Å². The molecule has 2 rings (SSSR count). The molecule has 0 atom stereocenters. The summed E-state index contributed by atoms with van der Waals surface area (Å²) in [6.45, 7) is 3.91. The summed E-state index contributed by atoms with van der Waals surface area (Å²) < 4.78 is 5.01. The van der Waals surface area contributed by atoms with Gasteiger partial charge >= 0.3 is 0 Å². The lowest BCUT2D eigenvalue weighted by Gasteiger charge is -2.05. The number of rotatable bonds is 2. The van der Waals surface area contributed by atoms with Crippen molar-refractivity contribution in [2.24, 2.45) is 0 Å². The average molecular weight is 217 g/mol. The molecule has 15 heavy (non-hydrogen) atoms. The van der Waals surface area contributed by atoms with Crippen molar-refractivity contribution in [1.29, 1.82) is 0 Å². The summed E-state index contributed by atoms with van der Waals surface area (Å²) in [5.74, 6) is 0.767. The average Bonchev–Trinajstić information content (AvgIpc) is 2.64. The normalized spacial score (nSPS) is 10.3. The Labute approximate surface area is 93.9 Å². The first-order chi connectivity index (χ1) is 7.20. The topological polar surface area (TPSA) is 26.0 Å². The van der Waals surface area contributed by atoms with Crippen molar-refractivity contribution in [3.8, 4) is 0 Å². The van der Waals surface area contributed by atoms with Crippen LogP contribution >= 0.6 is 12.2 Å². The molecule has 0 fully saturated rings. The maximum Gasteiger partial charge on any atom is 0.142 e. The van der Waals surface area contributed by atoms with E-state index < -0.39 is 0 Å². The molecule has 0 aliphatic heterocycles. The van der Waals surface area contributed by atoms with Gasteiger partial charge in [-0.3, -0.25) is 0 Å². The fourth-order valence-electron chi connectivity index (χ4n) is 1.49. The smallest absolute Gasteiger partial charge is 0.142 e. The number of thiocarbonyl (C=S) groups is 1. The highest BCUT2D eigenvalue weighted by atomic mass is 32.1. The summed E-state index contributed by atoms with van der Waals surface area (Å²) in [4.78, 5) is 0.798. The first-order valence-electron chi connectivity index (χ1n) is 4.72. The number of aromatic nitrogens is 1. The van der Waals surface area contributed by atoms with E-state index in [9.17, 15) is 0 Å². The SMILES string of the molecule is Cc1ccccc1C(=S)c1cnoc1C. The van der Waals surface area contributed by atoms with E-state index in [-0.39, 0.29) is 0 Å². The Morgan fingerprint density at radius 2 is 1.93 bits per heavy atom. The van der Waals surface area contributed by atoms with Gasteiger partial charge in [-0.15, -0.1) is 0 Å². The number of hydrogen-bond acceptors (Lipinski definition) is 3. The Balaban J connectivity index is 2.46. The molecule has 1 heterocycles. The van der Waals surface area contributed by atoms with E-state index >= 15 is 0 Å². The van der Waals surface area contributed by atoms with E-state index in [1.54, 1.807) is 6.20 Å². The first-order valence-corrected chi connectivity index (χ1v) is 5.12. The van der Waals surface area contributed by atoms with Crippen molar-refractivity contribution in [2.45, 2.75) is 13.8 Å². The monoisotopic (exact) mass is 217 g/mol. The maximum absolute atomic E-state index is 5.42. The summed E-state index contributed by atoms with van der Waals surface area (Å²) in [5, 5.41) is 3.74. The van der Waals surface area contributed by atoms with Crippen LogP contribution in [0.2, 0.25) is 0 Å².